The lowest BCUT2D eigenvalue weighted by atomic mass is 10.1. The highest BCUT2D eigenvalue weighted by atomic mass is 19.1. The van der Waals surface area contributed by atoms with Gasteiger partial charge in [0.05, 0.1) is 17.1 Å². The summed E-state index contributed by atoms with van der Waals surface area (Å²) in [5, 5.41) is 7.77. The van der Waals surface area contributed by atoms with Gasteiger partial charge >= 0.3 is 0 Å². The monoisotopic (exact) mass is 373 g/mol. The number of benzene rings is 2. The van der Waals surface area contributed by atoms with Crippen molar-refractivity contribution < 1.29 is 4.39 Å². The van der Waals surface area contributed by atoms with E-state index in [0.29, 0.717) is 5.95 Å². The van der Waals surface area contributed by atoms with Crippen LogP contribution in [0.1, 0.15) is 18.2 Å². The molecule has 2 aromatic carbocycles. The summed E-state index contributed by atoms with van der Waals surface area (Å²) in [4.78, 5) is 8.94. The first-order valence-electron chi connectivity index (χ1n) is 9.14. The maximum Gasteiger partial charge on any atom is 0.227 e. The van der Waals surface area contributed by atoms with Gasteiger partial charge in [0.15, 0.2) is 0 Å². The molecule has 1 N–H and O–H groups in total. The number of hydrogen-bond donors (Lipinski definition) is 1. The molecule has 0 fully saturated rings. The molecule has 28 heavy (non-hydrogen) atoms. The molecule has 0 spiro atoms. The zero-order chi connectivity index (χ0) is 19.5. The summed E-state index contributed by atoms with van der Waals surface area (Å²) in [5.41, 5.74) is 5.52. The normalized spacial score (nSPS) is 10.8. The predicted octanol–water partition coefficient (Wildman–Crippen LogP) is 5.08. The van der Waals surface area contributed by atoms with E-state index in [9.17, 15) is 4.39 Å². The van der Waals surface area contributed by atoms with Crippen LogP contribution in [0.3, 0.4) is 0 Å². The molecule has 5 nitrogen and oxygen atoms in total. The number of nitrogens with zero attached hydrogens (tertiary/aromatic N) is 4. The Morgan fingerprint density at radius 1 is 1.00 bits per heavy atom. The molecule has 4 rings (SSSR count). The highest BCUT2D eigenvalue weighted by Crippen LogP contribution is 2.24. The third-order valence-corrected chi connectivity index (χ3v) is 4.54. The van der Waals surface area contributed by atoms with Crippen LogP contribution in [0.2, 0.25) is 0 Å². The van der Waals surface area contributed by atoms with Gasteiger partial charge in [0.25, 0.3) is 0 Å². The summed E-state index contributed by atoms with van der Waals surface area (Å²) in [5.74, 6) is 0.252. The second-order valence-corrected chi connectivity index (χ2v) is 6.49. The van der Waals surface area contributed by atoms with Gasteiger partial charge < -0.3 is 5.32 Å². The van der Waals surface area contributed by atoms with E-state index in [4.69, 9.17) is 0 Å². The molecule has 4 aromatic rings. The molecule has 2 aromatic heterocycles. The van der Waals surface area contributed by atoms with Crippen LogP contribution in [0.5, 0.6) is 0 Å². The second-order valence-electron chi connectivity index (χ2n) is 6.49. The van der Waals surface area contributed by atoms with Crippen LogP contribution in [0.4, 0.5) is 16.0 Å². The molecule has 0 unspecified atom stereocenters. The fourth-order valence-corrected chi connectivity index (χ4v) is 2.96. The molecular formula is C22H20FN5. The Kier molecular flexibility index (Phi) is 4.85. The Morgan fingerprint density at radius 2 is 1.75 bits per heavy atom. The van der Waals surface area contributed by atoms with Gasteiger partial charge in [-0.25, -0.2) is 19.0 Å². The smallest absolute Gasteiger partial charge is 0.227 e. The Morgan fingerprint density at radius 3 is 2.46 bits per heavy atom. The van der Waals surface area contributed by atoms with Crippen molar-refractivity contribution in [3.63, 3.8) is 0 Å². The van der Waals surface area contributed by atoms with Crippen LogP contribution in [0, 0.1) is 12.7 Å². The largest absolute Gasteiger partial charge is 0.324 e. The number of aryl methyl sites for hydroxylation is 2. The van der Waals surface area contributed by atoms with E-state index in [1.807, 2.05) is 31.3 Å². The average Bonchev–Trinajstić information content (AvgIpc) is 3.11. The molecule has 140 valence electrons. The highest BCUT2D eigenvalue weighted by Gasteiger charge is 2.11. The summed E-state index contributed by atoms with van der Waals surface area (Å²) in [6.07, 6.45) is 4.62. The van der Waals surface area contributed by atoms with Crippen LogP contribution >= 0.6 is 0 Å². The van der Waals surface area contributed by atoms with Gasteiger partial charge in [-0.2, -0.15) is 5.10 Å². The van der Waals surface area contributed by atoms with Gasteiger partial charge in [-0.1, -0.05) is 19.1 Å². The van der Waals surface area contributed by atoms with E-state index in [0.717, 1.165) is 34.7 Å². The predicted molar refractivity (Wildman–Crippen MR) is 108 cm³/mol. The van der Waals surface area contributed by atoms with Crippen LogP contribution < -0.4 is 5.32 Å². The molecule has 0 aliphatic rings. The zero-order valence-corrected chi connectivity index (χ0v) is 15.7. The highest BCUT2D eigenvalue weighted by molar-refractivity contribution is 5.64. The van der Waals surface area contributed by atoms with E-state index in [1.54, 1.807) is 23.0 Å². The van der Waals surface area contributed by atoms with Gasteiger partial charge in [0.1, 0.15) is 5.82 Å². The number of rotatable bonds is 5. The lowest BCUT2D eigenvalue weighted by Crippen LogP contribution is -1.98. The third kappa shape index (κ3) is 3.76. The van der Waals surface area contributed by atoms with Crippen molar-refractivity contribution in [3.8, 4) is 16.9 Å². The minimum Gasteiger partial charge on any atom is -0.324 e. The Labute approximate surface area is 162 Å². The van der Waals surface area contributed by atoms with Crippen LogP contribution in [0.25, 0.3) is 16.9 Å². The molecule has 0 atom stereocenters. The minimum absolute atomic E-state index is 0.272. The topological polar surface area (TPSA) is 55.6 Å². The maximum absolute atomic E-state index is 13.2. The summed E-state index contributed by atoms with van der Waals surface area (Å²) >= 11 is 0. The van der Waals surface area contributed by atoms with Crippen LogP contribution in [-0.2, 0) is 6.42 Å². The van der Waals surface area contributed by atoms with E-state index in [2.05, 4.69) is 39.4 Å². The second kappa shape index (κ2) is 7.60. The van der Waals surface area contributed by atoms with Gasteiger partial charge in [0, 0.05) is 23.6 Å². The summed E-state index contributed by atoms with van der Waals surface area (Å²) in [6, 6.07) is 16.3. The molecule has 6 heteroatoms. The van der Waals surface area contributed by atoms with Crippen LogP contribution in [0.15, 0.2) is 67.0 Å². The first-order valence-corrected chi connectivity index (χ1v) is 9.14. The van der Waals surface area contributed by atoms with Crippen LogP contribution in [-0.4, -0.2) is 19.7 Å². The van der Waals surface area contributed by atoms with Gasteiger partial charge in [0.2, 0.25) is 5.95 Å². The number of halogens is 1. The standard InChI is InChI=1S/C22H20FN5/c1-3-16-4-8-18(9-5-16)25-22-24-13-12-21(26-22)20-14-28(27-15(20)2)19-10-6-17(23)7-11-19/h4-14H,3H2,1-2H3,(H,24,25,26). The summed E-state index contributed by atoms with van der Waals surface area (Å²) in [6.45, 7) is 4.05. The van der Waals surface area contributed by atoms with E-state index in [-0.39, 0.29) is 5.82 Å². The molecule has 0 saturated heterocycles. The lowest BCUT2D eigenvalue weighted by Gasteiger charge is -2.07. The van der Waals surface area contributed by atoms with Crippen molar-refractivity contribution in [2.75, 3.05) is 5.32 Å². The molecule has 0 bridgehead atoms. The molecule has 0 saturated carbocycles. The van der Waals surface area contributed by atoms with Crippen molar-refractivity contribution in [1.29, 1.82) is 0 Å². The van der Waals surface area contributed by atoms with Crippen molar-refractivity contribution in [3.05, 3.63) is 84.1 Å². The molecule has 0 radical (unpaired) electrons. The minimum atomic E-state index is -0.272. The molecule has 0 aliphatic carbocycles. The molecule has 0 amide bonds. The van der Waals surface area contributed by atoms with Gasteiger partial charge in [-0.05, 0) is 61.4 Å². The summed E-state index contributed by atoms with van der Waals surface area (Å²) in [7, 11) is 0. The number of nitrogens with one attached hydrogen (secondary N) is 1. The van der Waals surface area contributed by atoms with Crippen molar-refractivity contribution in [2.45, 2.75) is 20.3 Å². The third-order valence-electron chi connectivity index (χ3n) is 4.54. The fourth-order valence-electron chi connectivity index (χ4n) is 2.96. The van der Waals surface area contributed by atoms with E-state index < -0.39 is 0 Å². The maximum atomic E-state index is 13.2. The van der Waals surface area contributed by atoms with Crippen molar-refractivity contribution in [1.82, 2.24) is 19.7 Å². The molecule has 0 aliphatic heterocycles. The van der Waals surface area contributed by atoms with Crippen molar-refractivity contribution >= 4 is 11.6 Å². The van der Waals surface area contributed by atoms with E-state index >= 15 is 0 Å². The number of hydrogen-bond acceptors (Lipinski definition) is 4. The number of aromatic nitrogens is 4. The van der Waals surface area contributed by atoms with Gasteiger partial charge in [-0.3, -0.25) is 0 Å². The lowest BCUT2D eigenvalue weighted by molar-refractivity contribution is 0.627. The number of anilines is 2. The molecule has 2 heterocycles. The first-order chi connectivity index (χ1) is 13.6. The van der Waals surface area contributed by atoms with E-state index in [1.165, 1.54) is 17.7 Å². The Bertz CT molecular complexity index is 1080. The fraction of sp³-hybridized carbons (Fsp3) is 0.136. The zero-order valence-electron chi connectivity index (χ0n) is 15.7. The SMILES string of the molecule is CCc1ccc(Nc2nccc(-c3cn(-c4ccc(F)cc4)nc3C)n2)cc1. The summed E-state index contributed by atoms with van der Waals surface area (Å²) < 4.78 is 14.9. The van der Waals surface area contributed by atoms with Crippen molar-refractivity contribution in [2.24, 2.45) is 0 Å². The van der Waals surface area contributed by atoms with Gasteiger partial charge in [-0.15, -0.1) is 0 Å². The molecular weight excluding hydrogens is 353 g/mol. The average molecular weight is 373 g/mol. The Balaban J connectivity index is 1.61. The quantitative estimate of drug-likeness (QED) is 0.530. The first kappa shape index (κ1) is 17.9. The Hall–Kier alpha value is -3.54.